The van der Waals surface area contributed by atoms with E-state index in [-0.39, 0.29) is 0 Å². The van der Waals surface area contributed by atoms with E-state index < -0.39 is 0 Å². The lowest BCUT2D eigenvalue weighted by Crippen LogP contribution is -1.92. The van der Waals surface area contributed by atoms with Crippen LogP contribution in [0, 0.1) is 0 Å². The molecule has 0 saturated carbocycles. The maximum absolute atomic E-state index is 5.69. The highest BCUT2D eigenvalue weighted by Gasteiger charge is 2.15. The summed E-state index contributed by atoms with van der Waals surface area (Å²) in [6.45, 7) is 2.09. The topological polar surface area (TPSA) is 80.7 Å². The van der Waals surface area contributed by atoms with Crippen molar-refractivity contribution in [2.45, 2.75) is 19.8 Å². The first kappa shape index (κ1) is 8.80. The van der Waals surface area contributed by atoms with Crippen LogP contribution in [-0.4, -0.2) is 15.4 Å². The van der Waals surface area contributed by atoms with Gasteiger partial charge in [0.05, 0.1) is 0 Å². The van der Waals surface area contributed by atoms with E-state index in [1.54, 1.807) is 6.20 Å². The Morgan fingerprint density at radius 2 is 2.43 bits per heavy atom. The second kappa shape index (κ2) is 3.53. The highest BCUT2D eigenvalue weighted by molar-refractivity contribution is 5.62. The molecule has 3 N–H and O–H groups in total. The summed E-state index contributed by atoms with van der Waals surface area (Å²) in [5, 5.41) is 10.4. The minimum absolute atomic E-state index is 0.469. The van der Waals surface area contributed by atoms with Gasteiger partial charge in [-0.1, -0.05) is 18.5 Å². The smallest absolute Gasteiger partial charge is 0.190 e. The summed E-state index contributed by atoms with van der Waals surface area (Å²) in [5.41, 5.74) is 7.47. The Morgan fingerprint density at radius 3 is 3.07 bits per heavy atom. The molecule has 74 valence electrons. The molecule has 5 nitrogen and oxygen atoms in total. The molecule has 2 rings (SSSR count). The van der Waals surface area contributed by atoms with E-state index in [2.05, 4.69) is 22.3 Å². The molecule has 0 unspecified atom stereocenters. The third-order valence-corrected chi connectivity index (χ3v) is 2.06. The first-order chi connectivity index (χ1) is 6.83. The monoisotopic (exact) mass is 192 g/mol. The molecule has 0 aliphatic heterocycles. The van der Waals surface area contributed by atoms with Crippen molar-refractivity contribution in [3.63, 3.8) is 0 Å². The number of hydrogen-bond acceptors (Lipinski definition) is 4. The van der Waals surface area contributed by atoms with Gasteiger partial charge in [-0.2, -0.15) is 5.10 Å². The molecule has 0 aliphatic carbocycles. The Bertz CT molecular complexity index is 404. The van der Waals surface area contributed by atoms with Gasteiger partial charge in [0.2, 0.25) is 0 Å². The van der Waals surface area contributed by atoms with E-state index in [0.29, 0.717) is 11.6 Å². The van der Waals surface area contributed by atoms with Crippen molar-refractivity contribution in [3.05, 3.63) is 17.8 Å². The third-order valence-electron chi connectivity index (χ3n) is 2.06. The van der Waals surface area contributed by atoms with Crippen LogP contribution in [0.2, 0.25) is 0 Å². The van der Waals surface area contributed by atoms with E-state index >= 15 is 0 Å². The summed E-state index contributed by atoms with van der Waals surface area (Å²) in [7, 11) is 0. The summed E-state index contributed by atoms with van der Waals surface area (Å²) in [4.78, 5) is 0. The zero-order valence-corrected chi connectivity index (χ0v) is 7.95. The predicted molar refractivity (Wildman–Crippen MR) is 52.5 cm³/mol. The van der Waals surface area contributed by atoms with Crippen molar-refractivity contribution in [3.8, 4) is 11.5 Å². The van der Waals surface area contributed by atoms with Crippen LogP contribution in [0.15, 0.2) is 16.8 Å². The molecule has 0 bridgehead atoms. The Labute approximate surface area is 81.3 Å². The van der Waals surface area contributed by atoms with Crippen LogP contribution in [0.5, 0.6) is 0 Å². The standard InChI is InChI=1S/C9H12N4O/c1-2-3-6-8(14-13-9(6)10)7-4-5-11-12-7/h4-5H,2-3H2,1H3,(H2,10,13)(H,11,12). The molecule has 0 spiro atoms. The lowest BCUT2D eigenvalue weighted by atomic mass is 10.1. The summed E-state index contributed by atoms with van der Waals surface area (Å²) >= 11 is 0. The van der Waals surface area contributed by atoms with Gasteiger partial charge in [0.15, 0.2) is 11.6 Å². The Hall–Kier alpha value is -1.78. The van der Waals surface area contributed by atoms with Crippen molar-refractivity contribution in [2.75, 3.05) is 5.73 Å². The van der Waals surface area contributed by atoms with Crippen molar-refractivity contribution in [1.29, 1.82) is 0 Å². The van der Waals surface area contributed by atoms with Crippen LogP contribution in [0.25, 0.3) is 11.5 Å². The normalized spacial score (nSPS) is 10.6. The number of nitrogen functional groups attached to an aromatic ring is 1. The van der Waals surface area contributed by atoms with Crippen LogP contribution in [0.4, 0.5) is 5.82 Å². The van der Waals surface area contributed by atoms with Crippen molar-refractivity contribution < 1.29 is 4.52 Å². The number of nitrogens with zero attached hydrogens (tertiary/aromatic N) is 2. The van der Waals surface area contributed by atoms with Crippen LogP contribution in [0.1, 0.15) is 18.9 Å². The molecule has 0 aromatic carbocycles. The predicted octanol–water partition coefficient (Wildman–Crippen LogP) is 1.60. The van der Waals surface area contributed by atoms with Gasteiger partial charge in [0.25, 0.3) is 0 Å². The third kappa shape index (κ3) is 1.37. The molecule has 0 amide bonds. The fourth-order valence-corrected chi connectivity index (χ4v) is 1.41. The maximum atomic E-state index is 5.69. The Balaban J connectivity index is 2.43. The molecular formula is C9H12N4O. The van der Waals surface area contributed by atoms with E-state index in [1.807, 2.05) is 6.07 Å². The van der Waals surface area contributed by atoms with Crippen LogP contribution in [-0.2, 0) is 6.42 Å². The van der Waals surface area contributed by atoms with Gasteiger partial charge in [-0.25, -0.2) is 0 Å². The zero-order valence-electron chi connectivity index (χ0n) is 7.95. The van der Waals surface area contributed by atoms with Gasteiger partial charge >= 0.3 is 0 Å². The average Bonchev–Trinajstić information content (AvgIpc) is 2.77. The number of aromatic amines is 1. The summed E-state index contributed by atoms with van der Waals surface area (Å²) in [6, 6.07) is 1.83. The van der Waals surface area contributed by atoms with Gasteiger partial charge in [-0.05, 0) is 12.5 Å². The first-order valence-corrected chi connectivity index (χ1v) is 4.56. The van der Waals surface area contributed by atoms with Gasteiger partial charge in [-0.3, -0.25) is 5.10 Å². The highest BCUT2D eigenvalue weighted by atomic mass is 16.5. The largest absolute Gasteiger partial charge is 0.381 e. The second-order valence-electron chi connectivity index (χ2n) is 3.10. The number of aromatic nitrogens is 3. The van der Waals surface area contributed by atoms with Crippen molar-refractivity contribution in [2.24, 2.45) is 0 Å². The highest BCUT2D eigenvalue weighted by Crippen LogP contribution is 2.26. The van der Waals surface area contributed by atoms with E-state index in [9.17, 15) is 0 Å². The van der Waals surface area contributed by atoms with Gasteiger partial charge in [0, 0.05) is 11.8 Å². The molecule has 14 heavy (non-hydrogen) atoms. The van der Waals surface area contributed by atoms with E-state index in [1.165, 1.54) is 0 Å². The number of hydrogen-bond donors (Lipinski definition) is 2. The van der Waals surface area contributed by atoms with Crippen molar-refractivity contribution in [1.82, 2.24) is 15.4 Å². The zero-order chi connectivity index (χ0) is 9.97. The van der Waals surface area contributed by atoms with Crippen LogP contribution >= 0.6 is 0 Å². The molecule has 2 aromatic rings. The molecule has 5 heteroatoms. The summed E-state index contributed by atoms with van der Waals surface area (Å²) in [6.07, 6.45) is 3.54. The summed E-state index contributed by atoms with van der Waals surface area (Å²) < 4.78 is 5.15. The van der Waals surface area contributed by atoms with Crippen LogP contribution < -0.4 is 5.73 Å². The SMILES string of the molecule is CCCc1c(N)noc1-c1ccn[nH]1. The van der Waals surface area contributed by atoms with Gasteiger partial charge in [-0.15, -0.1) is 0 Å². The summed E-state index contributed by atoms with van der Waals surface area (Å²) in [5.74, 6) is 1.17. The molecular weight excluding hydrogens is 180 g/mol. The van der Waals surface area contributed by atoms with Crippen LogP contribution in [0.3, 0.4) is 0 Å². The maximum Gasteiger partial charge on any atom is 0.190 e. The Morgan fingerprint density at radius 1 is 1.57 bits per heavy atom. The lowest BCUT2D eigenvalue weighted by Gasteiger charge is -1.96. The van der Waals surface area contributed by atoms with E-state index in [4.69, 9.17) is 10.3 Å². The average molecular weight is 192 g/mol. The molecule has 2 aromatic heterocycles. The second-order valence-corrected chi connectivity index (χ2v) is 3.10. The number of nitrogens with one attached hydrogen (secondary N) is 1. The van der Waals surface area contributed by atoms with Gasteiger partial charge in [0.1, 0.15) is 5.69 Å². The Kier molecular flexibility index (Phi) is 2.22. The fraction of sp³-hybridized carbons (Fsp3) is 0.333. The molecule has 0 fully saturated rings. The fourth-order valence-electron chi connectivity index (χ4n) is 1.41. The first-order valence-electron chi connectivity index (χ1n) is 4.56. The minimum atomic E-state index is 0.469. The number of nitrogens with two attached hydrogens (primary N) is 1. The minimum Gasteiger partial charge on any atom is -0.381 e. The number of rotatable bonds is 3. The molecule has 2 heterocycles. The molecule has 0 aliphatic rings. The quantitative estimate of drug-likeness (QED) is 0.773. The molecule has 0 radical (unpaired) electrons. The number of anilines is 1. The lowest BCUT2D eigenvalue weighted by molar-refractivity contribution is 0.433. The molecule has 0 saturated heterocycles. The molecule has 0 atom stereocenters. The van der Waals surface area contributed by atoms with E-state index in [0.717, 1.165) is 24.1 Å². The van der Waals surface area contributed by atoms with Crippen molar-refractivity contribution >= 4 is 5.82 Å². The number of H-pyrrole nitrogens is 1. The van der Waals surface area contributed by atoms with Gasteiger partial charge < -0.3 is 10.3 Å².